The summed E-state index contributed by atoms with van der Waals surface area (Å²) < 4.78 is 0. The number of nitrogens with zero attached hydrogens (tertiary/aromatic N) is 2. The van der Waals surface area contributed by atoms with Crippen LogP contribution in [0.5, 0.6) is 0 Å². The molecule has 2 unspecified atom stereocenters. The molecule has 174 valence electrons. The normalized spacial score (nSPS) is 17.3. The van der Waals surface area contributed by atoms with Crippen molar-refractivity contribution < 1.29 is 4.79 Å². The third-order valence-electron chi connectivity index (χ3n) is 6.61. The largest absolute Gasteiger partial charge is 0.387 e. The number of aromatic nitrogens is 1. The highest BCUT2D eigenvalue weighted by atomic mass is 16.1. The van der Waals surface area contributed by atoms with Crippen LogP contribution >= 0.6 is 0 Å². The second-order valence-electron chi connectivity index (χ2n) is 9.31. The number of carbonyl (C=O) groups excluding carboxylic acids is 1. The van der Waals surface area contributed by atoms with E-state index in [2.05, 4.69) is 29.5 Å². The summed E-state index contributed by atoms with van der Waals surface area (Å²) in [4.78, 5) is 21.4. The van der Waals surface area contributed by atoms with Gasteiger partial charge in [-0.15, -0.1) is 0 Å². The van der Waals surface area contributed by atoms with Gasteiger partial charge in [0.25, 0.3) is 5.91 Å². The van der Waals surface area contributed by atoms with E-state index in [1.165, 1.54) is 32.1 Å². The quantitative estimate of drug-likeness (QED) is 0.370. The molecule has 32 heavy (non-hydrogen) atoms. The molecule has 1 aromatic heterocycles. The molecule has 1 aromatic carbocycles. The number of amides is 1. The third-order valence-corrected chi connectivity index (χ3v) is 6.61. The van der Waals surface area contributed by atoms with Gasteiger partial charge in [-0.2, -0.15) is 4.99 Å². The molecular formula is C26H39N5O. The Morgan fingerprint density at radius 3 is 2.69 bits per heavy atom. The summed E-state index contributed by atoms with van der Waals surface area (Å²) >= 11 is 0. The van der Waals surface area contributed by atoms with Crippen LogP contribution in [-0.2, 0) is 0 Å². The number of nitrogens with two attached hydrogens (primary N) is 1. The van der Waals surface area contributed by atoms with Crippen molar-refractivity contribution >= 4 is 28.5 Å². The van der Waals surface area contributed by atoms with Crippen molar-refractivity contribution in [3.63, 3.8) is 0 Å². The molecule has 4 N–H and O–H groups in total. The number of benzene rings is 1. The van der Waals surface area contributed by atoms with Crippen molar-refractivity contribution in [2.24, 2.45) is 16.6 Å². The minimum absolute atomic E-state index is 0.247. The van der Waals surface area contributed by atoms with E-state index in [9.17, 15) is 4.79 Å². The second kappa shape index (κ2) is 11.4. The lowest BCUT2D eigenvalue weighted by Crippen LogP contribution is -2.42. The van der Waals surface area contributed by atoms with Crippen LogP contribution in [0.25, 0.3) is 10.9 Å². The number of carbonyl (C=O) groups is 1. The Kier molecular flexibility index (Phi) is 8.62. The summed E-state index contributed by atoms with van der Waals surface area (Å²) in [5, 5.41) is 8.19. The zero-order valence-corrected chi connectivity index (χ0v) is 20.1. The number of aliphatic imine (C=N–C) groups is 1. The van der Waals surface area contributed by atoms with Crippen LogP contribution in [0.15, 0.2) is 29.3 Å². The predicted molar refractivity (Wildman–Crippen MR) is 134 cm³/mol. The van der Waals surface area contributed by atoms with Crippen LogP contribution in [0.4, 0.5) is 5.82 Å². The fourth-order valence-electron chi connectivity index (χ4n) is 4.73. The lowest BCUT2D eigenvalue weighted by atomic mass is 9.84. The maximum absolute atomic E-state index is 12.7. The Hall–Kier alpha value is -2.47. The van der Waals surface area contributed by atoms with Gasteiger partial charge in [0.15, 0.2) is 0 Å². The number of rotatable bonds is 9. The molecule has 6 nitrogen and oxygen atoms in total. The van der Waals surface area contributed by atoms with Crippen LogP contribution in [-0.4, -0.2) is 35.4 Å². The van der Waals surface area contributed by atoms with Crippen molar-refractivity contribution in [1.82, 2.24) is 10.3 Å². The summed E-state index contributed by atoms with van der Waals surface area (Å²) in [6.45, 7) is 8.95. The maximum Gasteiger partial charge on any atom is 0.282 e. The van der Waals surface area contributed by atoms with Crippen LogP contribution in [0.3, 0.4) is 0 Å². The van der Waals surface area contributed by atoms with Gasteiger partial charge in [-0.25, -0.2) is 4.98 Å². The zero-order valence-electron chi connectivity index (χ0n) is 20.1. The van der Waals surface area contributed by atoms with Gasteiger partial charge in [-0.05, 0) is 70.6 Å². The van der Waals surface area contributed by atoms with E-state index in [0.29, 0.717) is 23.5 Å². The highest BCUT2D eigenvalue weighted by Crippen LogP contribution is 2.27. The summed E-state index contributed by atoms with van der Waals surface area (Å²) in [7, 11) is 0. The number of anilines is 1. The minimum Gasteiger partial charge on any atom is -0.387 e. The Balaban J connectivity index is 1.70. The number of hydrogen-bond acceptors (Lipinski definition) is 4. The molecule has 3 rings (SSSR count). The number of pyridine rings is 1. The van der Waals surface area contributed by atoms with Crippen molar-refractivity contribution in [3.8, 4) is 0 Å². The smallest absolute Gasteiger partial charge is 0.282 e. The van der Waals surface area contributed by atoms with Gasteiger partial charge in [-0.1, -0.05) is 37.8 Å². The highest BCUT2D eigenvalue weighted by molar-refractivity contribution is 6.07. The Morgan fingerprint density at radius 2 is 2.00 bits per heavy atom. The molecule has 1 aliphatic rings. The first-order valence-corrected chi connectivity index (χ1v) is 12.1. The zero-order chi connectivity index (χ0) is 23.1. The molecule has 1 fully saturated rings. The van der Waals surface area contributed by atoms with Gasteiger partial charge in [0.2, 0.25) is 0 Å². The van der Waals surface area contributed by atoms with Crippen LogP contribution < -0.4 is 16.4 Å². The molecule has 1 amide bonds. The molecule has 0 bridgehead atoms. The fraction of sp³-hybridized carbons (Fsp3) is 0.577. The molecule has 1 heterocycles. The molecule has 2 atom stereocenters. The third kappa shape index (κ3) is 6.52. The lowest BCUT2D eigenvalue weighted by molar-refractivity contribution is 0.100. The Morgan fingerprint density at radius 1 is 1.25 bits per heavy atom. The lowest BCUT2D eigenvalue weighted by Gasteiger charge is -2.31. The second-order valence-corrected chi connectivity index (χ2v) is 9.31. The molecular weight excluding hydrogens is 398 g/mol. The molecule has 1 aliphatic carbocycles. The minimum atomic E-state index is -0.362. The monoisotopic (exact) mass is 437 g/mol. The van der Waals surface area contributed by atoms with E-state index in [-0.39, 0.29) is 11.7 Å². The summed E-state index contributed by atoms with van der Waals surface area (Å²) in [5.74, 6) is 1.25. The Bertz CT molecular complexity index is 945. The number of amidine groups is 1. The fourth-order valence-corrected chi connectivity index (χ4v) is 4.73. The van der Waals surface area contributed by atoms with E-state index in [4.69, 9.17) is 10.7 Å². The van der Waals surface area contributed by atoms with Crippen molar-refractivity contribution in [2.45, 2.75) is 84.7 Å². The first-order chi connectivity index (χ1) is 15.4. The Labute approximate surface area is 192 Å². The van der Waals surface area contributed by atoms with E-state index in [1.807, 2.05) is 31.2 Å². The van der Waals surface area contributed by atoms with Gasteiger partial charge in [0.05, 0.1) is 11.1 Å². The maximum atomic E-state index is 12.7. The van der Waals surface area contributed by atoms with E-state index >= 15 is 0 Å². The standard InChI is InChI=1S/C26H39N5O/c1-5-22(29-18(3)20-9-7-6-8-10-20)13-14-28-25-23(26(32)30-19(4)27)16-21-15-17(2)11-12-24(21)31-25/h11-12,15-16,18,20,22,29H,5-10,13-14H2,1-4H3,(H,28,31)(H2,27,30,32). The topological polar surface area (TPSA) is 92.4 Å². The van der Waals surface area contributed by atoms with Gasteiger partial charge < -0.3 is 16.4 Å². The van der Waals surface area contributed by atoms with E-state index in [0.717, 1.165) is 41.8 Å². The molecule has 0 spiro atoms. The number of nitrogens with one attached hydrogen (secondary N) is 2. The average molecular weight is 438 g/mol. The first kappa shape index (κ1) is 24.2. The first-order valence-electron chi connectivity index (χ1n) is 12.1. The van der Waals surface area contributed by atoms with E-state index < -0.39 is 0 Å². The average Bonchev–Trinajstić information content (AvgIpc) is 2.78. The van der Waals surface area contributed by atoms with Gasteiger partial charge in [-0.3, -0.25) is 4.79 Å². The van der Waals surface area contributed by atoms with Gasteiger partial charge >= 0.3 is 0 Å². The van der Waals surface area contributed by atoms with E-state index in [1.54, 1.807) is 6.92 Å². The summed E-state index contributed by atoms with van der Waals surface area (Å²) in [5.41, 5.74) is 8.11. The van der Waals surface area contributed by atoms with Crippen molar-refractivity contribution in [3.05, 3.63) is 35.4 Å². The van der Waals surface area contributed by atoms with Crippen LogP contribution in [0.2, 0.25) is 0 Å². The molecule has 0 aliphatic heterocycles. The molecule has 1 saturated carbocycles. The van der Waals surface area contributed by atoms with Crippen LogP contribution in [0, 0.1) is 12.8 Å². The summed E-state index contributed by atoms with van der Waals surface area (Å²) in [6, 6.07) is 8.90. The number of hydrogen-bond donors (Lipinski definition) is 3. The number of fused-ring (bicyclic) bond motifs is 1. The molecule has 0 saturated heterocycles. The highest BCUT2D eigenvalue weighted by Gasteiger charge is 2.22. The summed E-state index contributed by atoms with van der Waals surface area (Å²) in [6.07, 6.45) is 8.84. The van der Waals surface area contributed by atoms with Crippen LogP contribution in [0.1, 0.15) is 81.6 Å². The van der Waals surface area contributed by atoms with Gasteiger partial charge in [0, 0.05) is 24.0 Å². The molecule has 0 radical (unpaired) electrons. The molecule has 6 heteroatoms. The SMILES string of the molecule is CCC(CCNc1nc2ccc(C)cc2cc1C(=O)N=C(C)N)NC(C)C1CCCCC1. The van der Waals surface area contributed by atoms with Gasteiger partial charge in [0.1, 0.15) is 11.7 Å². The predicted octanol–water partition coefficient (Wildman–Crippen LogP) is 5.20. The van der Waals surface area contributed by atoms with Crippen molar-refractivity contribution in [2.75, 3.05) is 11.9 Å². The van der Waals surface area contributed by atoms with Crippen molar-refractivity contribution in [1.29, 1.82) is 0 Å². The molecule has 2 aromatic rings. The number of aryl methyl sites for hydroxylation is 1.